The van der Waals surface area contributed by atoms with Gasteiger partial charge in [0.25, 0.3) is 0 Å². The zero-order valence-corrected chi connectivity index (χ0v) is 10.5. The highest BCUT2D eigenvalue weighted by atomic mass is 35.5. The van der Waals surface area contributed by atoms with Gasteiger partial charge in [0, 0.05) is 6.04 Å². The normalized spacial score (nSPS) is 16.4. The van der Waals surface area contributed by atoms with Crippen LogP contribution < -0.4 is 10.1 Å². The van der Waals surface area contributed by atoms with Gasteiger partial charge in [0.05, 0.1) is 6.61 Å². The number of amides is 1. The second-order valence-corrected chi connectivity index (χ2v) is 4.59. The summed E-state index contributed by atoms with van der Waals surface area (Å²) < 4.78 is 5.38. The molecule has 1 unspecified atom stereocenters. The third kappa shape index (κ3) is 3.37. The van der Waals surface area contributed by atoms with Crippen molar-refractivity contribution in [3.05, 3.63) is 29.8 Å². The van der Waals surface area contributed by atoms with Crippen LogP contribution in [-0.2, 0) is 4.79 Å². The van der Waals surface area contributed by atoms with E-state index in [1.165, 1.54) is 0 Å². The number of rotatable bonds is 5. The third-order valence-electron chi connectivity index (χ3n) is 2.62. The smallest absolute Gasteiger partial charge is 0.242 e. The van der Waals surface area contributed by atoms with Gasteiger partial charge in [-0.2, -0.15) is 0 Å². The van der Waals surface area contributed by atoms with E-state index in [0.29, 0.717) is 12.6 Å². The van der Waals surface area contributed by atoms with Crippen LogP contribution in [-0.4, -0.2) is 18.6 Å². The number of carbonyl (C=O) groups is 1. The third-order valence-corrected chi connectivity index (χ3v) is 3.07. The molecule has 17 heavy (non-hydrogen) atoms. The van der Waals surface area contributed by atoms with E-state index in [1.807, 2.05) is 31.2 Å². The number of nitrogens with one attached hydrogen (secondary N) is 1. The minimum absolute atomic E-state index is 0.122. The Kier molecular flexibility index (Phi) is 3.89. The summed E-state index contributed by atoms with van der Waals surface area (Å²) >= 11 is 6.13. The Morgan fingerprint density at radius 1 is 1.59 bits per heavy atom. The van der Waals surface area contributed by atoms with Crippen molar-refractivity contribution >= 4 is 17.5 Å². The lowest BCUT2D eigenvalue weighted by atomic mass is 10.1. The standard InChI is InChI=1S/C13H16ClNO2/c1-2-17-11-5-3-4-9(8-11)12(14)13(16)15-10-6-7-10/h3-5,8,10,12H,2,6-7H2,1H3,(H,15,16). The second kappa shape index (κ2) is 5.41. The first-order valence-electron chi connectivity index (χ1n) is 5.88. The molecule has 92 valence electrons. The van der Waals surface area contributed by atoms with Gasteiger partial charge in [-0.05, 0) is 37.5 Å². The Labute approximate surface area is 106 Å². The average Bonchev–Trinajstić information content (AvgIpc) is 3.13. The van der Waals surface area contributed by atoms with Crippen molar-refractivity contribution in [3.63, 3.8) is 0 Å². The number of alkyl halides is 1. The summed E-state index contributed by atoms with van der Waals surface area (Å²) in [5, 5.41) is 2.25. The van der Waals surface area contributed by atoms with Crippen LogP contribution in [0.2, 0.25) is 0 Å². The molecule has 2 rings (SSSR count). The Morgan fingerprint density at radius 3 is 3.00 bits per heavy atom. The zero-order valence-electron chi connectivity index (χ0n) is 9.78. The first-order chi connectivity index (χ1) is 8.20. The number of benzene rings is 1. The summed E-state index contributed by atoms with van der Waals surface area (Å²) in [6.45, 7) is 2.52. The molecule has 3 nitrogen and oxygen atoms in total. The highest BCUT2D eigenvalue weighted by Crippen LogP contribution is 2.26. The Hall–Kier alpha value is -1.22. The lowest BCUT2D eigenvalue weighted by molar-refractivity contribution is -0.121. The number of ether oxygens (including phenoxy) is 1. The minimum Gasteiger partial charge on any atom is -0.494 e. The van der Waals surface area contributed by atoms with Crippen LogP contribution in [0.5, 0.6) is 5.75 Å². The van der Waals surface area contributed by atoms with Crippen molar-refractivity contribution in [1.29, 1.82) is 0 Å². The van der Waals surface area contributed by atoms with Crippen LogP contribution in [0.1, 0.15) is 30.7 Å². The summed E-state index contributed by atoms with van der Waals surface area (Å²) in [5.41, 5.74) is 0.774. The maximum atomic E-state index is 11.8. The van der Waals surface area contributed by atoms with Crippen LogP contribution in [0.3, 0.4) is 0 Å². The number of carbonyl (C=O) groups excluding carboxylic acids is 1. The molecule has 1 saturated carbocycles. The van der Waals surface area contributed by atoms with E-state index in [2.05, 4.69) is 5.32 Å². The van der Waals surface area contributed by atoms with Crippen LogP contribution in [0.15, 0.2) is 24.3 Å². The molecule has 0 radical (unpaired) electrons. The van der Waals surface area contributed by atoms with Crippen molar-refractivity contribution in [2.24, 2.45) is 0 Å². The maximum Gasteiger partial charge on any atom is 0.242 e. The second-order valence-electron chi connectivity index (χ2n) is 4.15. The quantitative estimate of drug-likeness (QED) is 0.820. The summed E-state index contributed by atoms with van der Waals surface area (Å²) in [6, 6.07) is 7.69. The zero-order chi connectivity index (χ0) is 12.3. The van der Waals surface area contributed by atoms with Crippen molar-refractivity contribution in [3.8, 4) is 5.75 Å². The molecule has 1 aromatic rings. The SMILES string of the molecule is CCOc1cccc(C(Cl)C(=O)NC2CC2)c1. The molecule has 1 aliphatic carbocycles. The molecule has 1 amide bonds. The van der Waals surface area contributed by atoms with E-state index in [0.717, 1.165) is 24.2 Å². The molecule has 1 fully saturated rings. The van der Waals surface area contributed by atoms with E-state index < -0.39 is 5.38 Å². The van der Waals surface area contributed by atoms with Crippen molar-refractivity contribution in [2.45, 2.75) is 31.2 Å². The Morgan fingerprint density at radius 2 is 2.35 bits per heavy atom. The fraction of sp³-hybridized carbons (Fsp3) is 0.462. The van der Waals surface area contributed by atoms with E-state index in [1.54, 1.807) is 0 Å². The van der Waals surface area contributed by atoms with Crippen molar-refractivity contribution in [2.75, 3.05) is 6.61 Å². The van der Waals surface area contributed by atoms with Crippen LogP contribution in [0, 0.1) is 0 Å². The number of hydrogen-bond donors (Lipinski definition) is 1. The lowest BCUT2D eigenvalue weighted by Crippen LogP contribution is -2.28. The molecule has 0 bridgehead atoms. The fourth-order valence-electron chi connectivity index (χ4n) is 1.58. The summed E-state index contributed by atoms with van der Waals surface area (Å²) in [4.78, 5) is 11.8. The van der Waals surface area contributed by atoms with Crippen LogP contribution in [0.4, 0.5) is 0 Å². The first-order valence-corrected chi connectivity index (χ1v) is 6.31. The van der Waals surface area contributed by atoms with Gasteiger partial charge in [-0.3, -0.25) is 4.79 Å². The molecule has 0 spiro atoms. The molecule has 1 N–H and O–H groups in total. The average molecular weight is 254 g/mol. The van der Waals surface area contributed by atoms with Gasteiger partial charge < -0.3 is 10.1 Å². The highest BCUT2D eigenvalue weighted by Gasteiger charge is 2.27. The number of hydrogen-bond acceptors (Lipinski definition) is 2. The number of halogens is 1. The van der Waals surface area contributed by atoms with Gasteiger partial charge in [0.1, 0.15) is 11.1 Å². The van der Waals surface area contributed by atoms with Gasteiger partial charge >= 0.3 is 0 Å². The van der Waals surface area contributed by atoms with Gasteiger partial charge in [0.15, 0.2) is 0 Å². The molecule has 1 aromatic carbocycles. The van der Waals surface area contributed by atoms with Crippen LogP contribution >= 0.6 is 11.6 Å². The largest absolute Gasteiger partial charge is 0.494 e. The van der Waals surface area contributed by atoms with Gasteiger partial charge in [0.2, 0.25) is 5.91 Å². The monoisotopic (exact) mass is 253 g/mol. The summed E-state index contributed by atoms with van der Waals surface area (Å²) in [7, 11) is 0. The van der Waals surface area contributed by atoms with E-state index >= 15 is 0 Å². The van der Waals surface area contributed by atoms with E-state index in [9.17, 15) is 4.79 Å². The first kappa shape index (κ1) is 12.2. The minimum atomic E-state index is -0.643. The van der Waals surface area contributed by atoms with E-state index in [4.69, 9.17) is 16.3 Å². The summed E-state index contributed by atoms with van der Waals surface area (Å²) in [6.07, 6.45) is 2.13. The molecular formula is C13H16ClNO2. The molecule has 1 aliphatic rings. The molecule has 0 heterocycles. The summed E-state index contributed by atoms with van der Waals surface area (Å²) in [5.74, 6) is 0.623. The molecular weight excluding hydrogens is 238 g/mol. The highest BCUT2D eigenvalue weighted by molar-refractivity contribution is 6.30. The van der Waals surface area contributed by atoms with Crippen molar-refractivity contribution < 1.29 is 9.53 Å². The maximum absolute atomic E-state index is 11.8. The predicted molar refractivity (Wildman–Crippen MR) is 67.4 cm³/mol. The topological polar surface area (TPSA) is 38.3 Å². The van der Waals surface area contributed by atoms with Gasteiger partial charge in [-0.25, -0.2) is 0 Å². The Bertz CT molecular complexity index is 404. The van der Waals surface area contributed by atoms with Crippen LogP contribution in [0.25, 0.3) is 0 Å². The molecule has 4 heteroatoms. The molecule has 0 aliphatic heterocycles. The van der Waals surface area contributed by atoms with Crippen molar-refractivity contribution in [1.82, 2.24) is 5.32 Å². The predicted octanol–water partition coefficient (Wildman–Crippen LogP) is 2.64. The molecule has 0 saturated heterocycles. The van der Waals surface area contributed by atoms with Gasteiger partial charge in [-0.15, -0.1) is 11.6 Å². The van der Waals surface area contributed by atoms with Gasteiger partial charge in [-0.1, -0.05) is 12.1 Å². The molecule has 0 aromatic heterocycles. The molecule has 1 atom stereocenters. The Balaban J connectivity index is 2.03. The van der Waals surface area contributed by atoms with E-state index in [-0.39, 0.29) is 5.91 Å². The lowest BCUT2D eigenvalue weighted by Gasteiger charge is -2.11. The fourth-order valence-corrected chi connectivity index (χ4v) is 1.78.